The summed E-state index contributed by atoms with van der Waals surface area (Å²) in [5.74, 6) is -1.49. The van der Waals surface area contributed by atoms with Gasteiger partial charge in [-0.25, -0.2) is 0 Å². The van der Waals surface area contributed by atoms with Crippen molar-refractivity contribution in [2.24, 2.45) is 7.05 Å². The number of ketones is 1. The van der Waals surface area contributed by atoms with Crippen molar-refractivity contribution in [1.82, 2.24) is 9.13 Å². The number of hydrogen-bond acceptors (Lipinski definition) is 2. The van der Waals surface area contributed by atoms with Crippen LogP contribution in [0.5, 0.6) is 0 Å². The Bertz CT molecular complexity index is 757. The van der Waals surface area contributed by atoms with Gasteiger partial charge in [-0.2, -0.15) is 0 Å². The smallest absolute Gasteiger partial charge is 0.312 e. The molecule has 1 unspecified atom stereocenters. The van der Waals surface area contributed by atoms with E-state index < -0.39 is 11.9 Å². The zero-order chi connectivity index (χ0) is 15.3. The summed E-state index contributed by atoms with van der Waals surface area (Å²) in [7, 11) is 1.73. The van der Waals surface area contributed by atoms with Gasteiger partial charge in [-0.3, -0.25) is 9.59 Å². The van der Waals surface area contributed by atoms with Gasteiger partial charge in [-0.1, -0.05) is 11.6 Å². The molecule has 0 bridgehead atoms. The van der Waals surface area contributed by atoms with Crippen LogP contribution in [0.3, 0.4) is 0 Å². The number of aliphatic carboxylic acids is 1. The molecule has 1 aliphatic rings. The molecule has 0 spiro atoms. The van der Waals surface area contributed by atoms with Crippen LogP contribution in [-0.2, 0) is 18.4 Å². The molecular weight excluding hydrogens is 292 g/mol. The SMILES string of the molecule is Cc1cc2n(c1C(=O)c1ccc(Cl)n1C)CCC2C(=O)O. The van der Waals surface area contributed by atoms with Crippen LogP contribution in [0.1, 0.15) is 39.8 Å². The molecule has 2 aromatic rings. The molecule has 5 nitrogen and oxygen atoms in total. The molecule has 110 valence electrons. The minimum atomic E-state index is -0.841. The van der Waals surface area contributed by atoms with E-state index >= 15 is 0 Å². The number of halogens is 1. The van der Waals surface area contributed by atoms with Gasteiger partial charge < -0.3 is 14.2 Å². The lowest BCUT2D eigenvalue weighted by atomic mass is 10.0. The lowest BCUT2D eigenvalue weighted by Gasteiger charge is -2.08. The summed E-state index contributed by atoms with van der Waals surface area (Å²) in [5.41, 5.74) is 2.58. The van der Waals surface area contributed by atoms with Crippen LogP contribution in [-0.4, -0.2) is 26.0 Å². The van der Waals surface area contributed by atoms with Crippen LogP contribution in [0.15, 0.2) is 18.2 Å². The van der Waals surface area contributed by atoms with Crippen molar-refractivity contribution >= 4 is 23.4 Å². The number of aromatic nitrogens is 2. The Kier molecular flexibility index (Phi) is 3.17. The van der Waals surface area contributed by atoms with Crippen LogP contribution in [0.4, 0.5) is 0 Å². The van der Waals surface area contributed by atoms with Crippen molar-refractivity contribution in [3.8, 4) is 0 Å². The second-order valence-electron chi connectivity index (χ2n) is 5.36. The molecule has 0 aromatic carbocycles. The number of carbonyl (C=O) groups is 2. The molecule has 0 aliphatic carbocycles. The Balaban J connectivity index is 2.09. The van der Waals surface area contributed by atoms with Gasteiger partial charge in [-0.15, -0.1) is 0 Å². The molecule has 0 saturated heterocycles. The molecule has 21 heavy (non-hydrogen) atoms. The van der Waals surface area contributed by atoms with Crippen LogP contribution in [0.25, 0.3) is 0 Å². The van der Waals surface area contributed by atoms with E-state index in [1.165, 1.54) is 0 Å². The quantitative estimate of drug-likeness (QED) is 0.887. The van der Waals surface area contributed by atoms with E-state index in [0.29, 0.717) is 35.2 Å². The van der Waals surface area contributed by atoms with Gasteiger partial charge in [0, 0.05) is 19.3 Å². The minimum absolute atomic E-state index is 0.126. The molecule has 3 heterocycles. The van der Waals surface area contributed by atoms with E-state index in [2.05, 4.69) is 0 Å². The predicted octanol–water partition coefficient (Wildman–Crippen LogP) is 2.59. The molecule has 0 saturated carbocycles. The van der Waals surface area contributed by atoms with Gasteiger partial charge >= 0.3 is 5.97 Å². The first-order valence-electron chi connectivity index (χ1n) is 6.70. The highest BCUT2D eigenvalue weighted by atomic mass is 35.5. The lowest BCUT2D eigenvalue weighted by molar-refractivity contribution is -0.138. The highest BCUT2D eigenvalue weighted by Crippen LogP contribution is 2.34. The molecule has 2 aromatic heterocycles. The summed E-state index contributed by atoms with van der Waals surface area (Å²) in [6, 6.07) is 5.18. The molecule has 1 atom stereocenters. The Morgan fingerprint density at radius 2 is 2.10 bits per heavy atom. The highest BCUT2D eigenvalue weighted by molar-refractivity contribution is 6.30. The van der Waals surface area contributed by atoms with E-state index in [1.54, 1.807) is 23.7 Å². The highest BCUT2D eigenvalue weighted by Gasteiger charge is 2.33. The van der Waals surface area contributed by atoms with Crippen molar-refractivity contribution in [1.29, 1.82) is 0 Å². The Morgan fingerprint density at radius 3 is 2.67 bits per heavy atom. The molecule has 3 rings (SSSR count). The van der Waals surface area contributed by atoms with E-state index in [-0.39, 0.29) is 5.78 Å². The number of fused-ring (bicyclic) bond motifs is 1. The summed E-state index contributed by atoms with van der Waals surface area (Å²) >= 11 is 5.98. The lowest BCUT2D eigenvalue weighted by Crippen LogP contribution is -2.13. The number of carboxylic acids is 1. The second kappa shape index (κ2) is 4.77. The number of hydrogen-bond donors (Lipinski definition) is 1. The summed E-state index contributed by atoms with van der Waals surface area (Å²) in [4.78, 5) is 24.0. The fraction of sp³-hybridized carbons (Fsp3) is 0.333. The van der Waals surface area contributed by atoms with Crippen molar-refractivity contribution in [3.05, 3.63) is 46.0 Å². The molecule has 0 radical (unpaired) electrons. The summed E-state index contributed by atoms with van der Waals surface area (Å²) < 4.78 is 3.46. The first-order valence-corrected chi connectivity index (χ1v) is 7.08. The second-order valence-corrected chi connectivity index (χ2v) is 5.75. The maximum Gasteiger partial charge on any atom is 0.312 e. The van der Waals surface area contributed by atoms with E-state index in [1.807, 2.05) is 17.6 Å². The number of nitrogens with zero attached hydrogens (tertiary/aromatic N) is 2. The monoisotopic (exact) mass is 306 g/mol. The third-order valence-electron chi connectivity index (χ3n) is 4.12. The fourth-order valence-corrected chi connectivity index (χ4v) is 3.19. The minimum Gasteiger partial charge on any atom is -0.481 e. The number of carboxylic acid groups (broad SMARTS) is 1. The van der Waals surface area contributed by atoms with Crippen molar-refractivity contribution in [2.75, 3.05) is 0 Å². The topological polar surface area (TPSA) is 64.2 Å². The molecule has 6 heteroatoms. The Labute approximate surface area is 126 Å². The van der Waals surface area contributed by atoms with Gasteiger partial charge in [0.2, 0.25) is 5.78 Å². The van der Waals surface area contributed by atoms with Gasteiger partial charge in [0.05, 0.1) is 17.3 Å². The third kappa shape index (κ3) is 2.00. The summed E-state index contributed by atoms with van der Waals surface area (Å²) in [6.07, 6.45) is 0.527. The van der Waals surface area contributed by atoms with Gasteiger partial charge in [0.1, 0.15) is 5.15 Å². The van der Waals surface area contributed by atoms with Gasteiger partial charge in [-0.05, 0) is 37.1 Å². The average molecular weight is 307 g/mol. The van der Waals surface area contributed by atoms with Crippen molar-refractivity contribution in [2.45, 2.75) is 25.8 Å². The van der Waals surface area contributed by atoms with Gasteiger partial charge in [0.25, 0.3) is 0 Å². The normalized spacial score (nSPS) is 17.0. The van der Waals surface area contributed by atoms with Gasteiger partial charge in [0.15, 0.2) is 0 Å². The number of aryl methyl sites for hydroxylation is 1. The number of rotatable bonds is 3. The van der Waals surface area contributed by atoms with E-state index in [4.69, 9.17) is 11.6 Å². The molecule has 0 amide bonds. The largest absolute Gasteiger partial charge is 0.481 e. The summed E-state index contributed by atoms with van der Waals surface area (Å²) in [5, 5.41) is 9.74. The average Bonchev–Trinajstić information content (AvgIpc) is 3.04. The van der Waals surface area contributed by atoms with Crippen LogP contribution >= 0.6 is 11.6 Å². The third-order valence-corrected chi connectivity index (χ3v) is 4.50. The molecule has 1 aliphatic heterocycles. The molecule has 1 N–H and O–H groups in total. The van der Waals surface area contributed by atoms with Crippen molar-refractivity contribution < 1.29 is 14.7 Å². The maximum absolute atomic E-state index is 12.8. The number of carbonyl (C=O) groups excluding carboxylic acids is 1. The van der Waals surface area contributed by atoms with Crippen molar-refractivity contribution in [3.63, 3.8) is 0 Å². The Morgan fingerprint density at radius 1 is 1.38 bits per heavy atom. The fourth-order valence-electron chi connectivity index (χ4n) is 3.03. The van der Waals surface area contributed by atoms with Crippen LogP contribution in [0, 0.1) is 6.92 Å². The molecule has 0 fully saturated rings. The zero-order valence-electron chi connectivity index (χ0n) is 11.8. The predicted molar refractivity (Wildman–Crippen MR) is 78.0 cm³/mol. The maximum atomic E-state index is 12.8. The van der Waals surface area contributed by atoms with E-state index in [9.17, 15) is 14.7 Å². The first-order chi connectivity index (χ1) is 9.91. The molecular formula is C15H15ClN2O3. The Hall–Kier alpha value is -2.01. The van der Waals surface area contributed by atoms with Crippen LogP contribution < -0.4 is 0 Å². The first kappa shape index (κ1) is 13.9. The van der Waals surface area contributed by atoms with E-state index in [0.717, 1.165) is 5.56 Å². The standard InChI is InChI=1S/C15H15ClN2O3/c1-8-7-11-9(15(20)21)5-6-18(11)13(8)14(19)10-3-4-12(16)17(10)2/h3-4,7,9H,5-6H2,1-2H3,(H,20,21). The summed E-state index contributed by atoms with van der Waals surface area (Å²) in [6.45, 7) is 2.39. The van der Waals surface area contributed by atoms with Crippen LogP contribution in [0.2, 0.25) is 5.15 Å². The zero-order valence-corrected chi connectivity index (χ0v) is 12.5.